The molecule has 2 aromatic rings. The fourth-order valence-electron chi connectivity index (χ4n) is 3.30. The Morgan fingerprint density at radius 2 is 2.04 bits per heavy atom. The Morgan fingerprint density at radius 1 is 1.27 bits per heavy atom. The summed E-state index contributed by atoms with van der Waals surface area (Å²) in [4.78, 5) is 4.53. The van der Waals surface area contributed by atoms with Gasteiger partial charge in [0.15, 0.2) is 0 Å². The fraction of sp³-hybridized carbons (Fsp3) is 0.438. The van der Waals surface area contributed by atoms with Gasteiger partial charge in [0.1, 0.15) is 0 Å². The molecule has 1 saturated heterocycles. The van der Waals surface area contributed by atoms with Gasteiger partial charge in [-0.2, -0.15) is 12.7 Å². The lowest BCUT2D eigenvalue weighted by atomic mass is 10.0. The summed E-state index contributed by atoms with van der Waals surface area (Å²) in [6.45, 7) is 2.67. The van der Waals surface area contributed by atoms with Crippen molar-refractivity contribution in [1.82, 2.24) is 14.0 Å². The molecule has 1 fully saturated rings. The number of piperidine rings is 1. The van der Waals surface area contributed by atoms with Gasteiger partial charge in [0.25, 0.3) is 10.2 Å². The quantitative estimate of drug-likeness (QED) is 0.769. The van der Waals surface area contributed by atoms with Crippen LogP contribution in [-0.2, 0) is 20.2 Å². The Kier molecular flexibility index (Phi) is 5.31. The topological polar surface area (TPSA) is 122 Å². The van der Waals surface area contributed by atoms with Crippen molar-refractivity contribution in [2.75, 3.05) is 19.6 Å². The molecule has 1 aromatic heterocycles. The fourth-order valence-corrected chi connectivity index (χ4v) is 5.50. The van der Waals surface area contributed by atoms with Crippen LogP contribution in [0.1, 0.15) is 18.4 Å². The lowest BCUT2D eigenvalue weighted by molar-refractivity contribution is 0.267. The second-order valence-electron chi connectivity index (χ2n) is 6.54. The van der Waals surface area contributed by atoms with Crippen LogP contribution in [0, 0.1) is 12.8 Å². The maximum absolute atomic E-state index is 13.2. The summed E-state index contributed by atoms with van der Waals surface area (Å²) in [6, 6.07) is 6.84. The maximum atomic E-state index is 13.2. The van der Waals surface area contributed by atoms with E-state index in [1.165, 1.54) is 4.31 Å². The number of benzene rings is 1. The molecule has 0 amide bonds. The van der Waals surface area contributed by atoms with Gasteiger partial charge in [-0.1, -0.05) is 6.07 Å². The minimum Gasteiger partial charge on any atom is -0.256 e. The second kappa shape index (κ2) is 7.20. The van der Waals surface area contributed by atoms with Crippen LogP contribution in [-0.4, -0.2) is 45.8 Å². The SMILES string of the molecule is Cc1ccc(S(=O)(=O)N2CCC[C@@H](CNS(N)(=O)=O)C2)c2cccnc12. The zero-order chi connectivity index (χ0) is 18.9. The Bertz CT molecular complexity index is 1020. The van der Waals surface area contributed by atoms with Crippen molar-refractivity contribution in [1.29, 1.82) is 0 Å². The Labute approximate surface area is 153 Å². The van der Waals surface area contributed by atoms with Crippen molar-refractivity contribution in [3.05, 3.63) is 36.0 Å². The zero-order valence-electron chi connectivity index (χ0n) is 14.4. The van der Waals surface area contributed by atoms with Crippen LogP contribution < -0.4 is 9.86 Å². The summed E-state index contributed by atoms with van der Waals surface area (Å²) >= 11 is 0. The Balaban J connectivity index is 1.90. The molecule has 0 spiro atoms. The molecule has 2 heterocycles. The van der Waals surface area contributed by atoms with Crippen LogP contribution in [0.2, 0.25) is 0 Å². The van der Waals surface area contributed by atoms with Crippen LogP contribution in [0.4, 0.5) is 0 Å². The summed E-state index contributed by atoms with van der Waals surface area (Å²) in [6.07, 6.45) is 3.05. The molecule has 0 radical (unpaired) electrons. The van der Waals surface area contributed by atoms with E-state index in [1.54, 1.807) is 30.5 Å². The minimum absolute atomic E-state index is 0.119. The highest BCUT2D eigenvalue weighted by Crippen LogP contribution is 2.29. The number of hydrogen-bond donors (Lipinski definition) is 2. The van der Waals surface area contributed by atoms with E-state index in [-0.39, 0.29) is 23.9 Å². The smallest absolute Gasteiger partial charge is 0.256 e. The van der Waals surface area contributed by atoms with Gasteiger partial charge < -0.3 is 0 Å². The third-order valence-corrected chi connectivity index (χ3v) is 7.10. The van der Waals surface area contributed by atoms with Crippen LogP contribution in [0.3, 0.4) is 0 Å². The second-order valence-corrected chi connectivity index (χ2v) is 9.83. The summed E-state index contributed by atoms with van der Waals surface area (Å²) in [5.74, 6) is -0.119. The van der Waals surface area contributed by atoms with Crippen molar-refractivity contribution in [3.63, 3.8) is 0 Å². The van der Waals surface area contributed by atoms with Gasteiger partial charge in [-0.05, 0) is 49.4 Å². The Hall–Kier alpha value is -1.59. The minimum atomic E-state index is -3.79. The van der Waals surface area contributed by atoms with Crippen molar-refractivity contribution in [2.45, 2.75) is 24.7 Å². The third-order valence-electron chi connectivity index (χ3n) is 4.60. The molecule has 0 aliphatic carbocycles. The number of nitrogens with two attached hydrogens (primary N) is 1. The van der Waals surface area contributed by atoms with Gasteiger partial charge in [0.05, 0.1) is 10.4 Å². The van der Waals surface area contributed by atoms with Gasteiger partial charge >= 0.3 is 0 Å². The normalized spacial score (nSPS) is 19.7. The highest BCUT2D eigenvalue weighted by molar-refractivity contribution is 7.89. The highest BCUT2D eigenvalue weighted by Gasteiger charge is 2.31. The number of nitrogens with zero attached hydrogens (tertiary/aromatic N) is 2. The first-order valence-corrected chi connectivity index (χ1v) is 11.3. The highest BCUT2D eigenvalue weighted by atomic mass is 32.2. The number of pyridine rings is 1. The molecular formula is C16H22N4O4S2. The van der Waals surface area contributed by atoms with Gasteiger partial charge in [-0.25, -0.2) is 18.3 Å². The number of hydrogen-bond acceptors (Lipinski definition) is 5. The third kappa shape index (κ3) is 4.04. The van der Waals surface area contributed by atoms with Crippen molar-refractivity contribution >= 4 is 31.1 Å². The number of fused-ring (bicyclic) bond motifs is 1. The first kappa shape index (κ1) is 19.2. The molecule has 1 aromatic carbocycles. The number of aryl methyl sites for hydroxylation is 1. The van der Waals surface area contributed by atoms with Gasteiger partial charge in [0, 0.05) is 31.2 Å². The first-order chi connectivity index (χ1) is 12.2. The van der Waals surface area contributed by atoms with E-state index in [2.05, 4.69) is 9.71 Å². The van der Waals surface area contributed by atoms with Crippen molar-refractivity contribution in [3.8, 4) is 0 Å². The molecule has 1 aliphatic rings. The first-order valence-electron chi connectivity index (χ1n) is 8.30. The van der Waals surface area contributed by atoms with Crippen molar-refractivity contribution < 1.29 is 16.8 Å². The molecular weight excluding hydrogens is 376 g/mol. The van der Waals surface area contributed by atoms with E-state index in [9.17, 15) is 16.8 Å². The largest absolute Gasteiger partial charge is 0.274 e. The van der Waals surface area contributed by atoms with Crippen LogP contribution in [0.5, 0.6) is 0 Å². The van der Waals surface area contributed by atoms with E-state index >= 15 is 0 Å². The number of sulfonamides is 1. The molecule has 0 bridgehead atoms. The van der Waals surface area contributed by atoms with Crippen LogP contribution in [0.25, 0.3) is 10.9 Å². The number of rotatable bonds is 5. The summed E-state index contributed by atoms with van der Waals surface area (Å²) in [5.41, 5.74) is 1.58. The standard InChI is InChI=1S/C16H22N4O4S2/c1-12-6-7-15(14-5-2-8-18-16(12)14)25(21,22)20-9-3-4-13(11-20)10-19-26(17,23)24/h2,5-8,13,19H,3-4,9-11H2,1H3,(H2,17,23,24)/t13-/m0/s1. The molecule has 142 valence electrons. The molecule has 0 unspecified atom stereocenters. The number of nitrogens with one attached hydrogen (secondary N) is 1. The Morgan fingerprint density at radius 3 is 2.77 bits per heavy atom. The van der Waals surface area contributed by atoms with Crippen LogP contribution in [0.15, 0.2) is 35.4 Å². The molecule has 3 N–H and O–H groups in total. The van der Waals surface area contributed by atoms with E-state index in [1.807, 2.05) is 6.92 Å². The average molecular weight is 399 g/mol. The van der Waals surface area contributed by atoms with Gasteiger partial charge in [0.2, 0.25) is 10.0 Å². The zero-order valence-corrected chi connectivity index (χ0v) is 16.1. The molecule has 1 atom stereocenters. The van der Waals surface area contributed by atoms with Crippen molar-refractivity contribution in [2.24, 2.45) is 11.1 Å². The molecule has 8 nitrogen and oxygen atoms in total. The van der Waals surface area contributed by atoms with Gasteiger partial charge in [-0.15, -0.1) is 0 Å². The molecule has 10 heteroatoms. The molecule has 1 aliphatic heterocycles. The van der Waals surface area contributed by atoms with E-state index in [0.29, 0.717) is 23.9 Å². The molecule has 3 rings (SSSR count). The van der Waals surface area contributed by atoms with E-state index < -0.39 is 20.2 Å². The monoisotopic (exact) mass is 398 g/mol. The predicted molar refractivity (Wildman–Crippen MR) is 99.1 cm³/mol. The van der Waals surface area contributed by atoms with E-state index in [0.717, 1.165) is 12.0 Å². The van der Waals surface area contributed by atoms with E-state index in [4.69, 9.17) is 5.14 Å². The lowest BCUT2D eigenvalue weighted by Gasteiger charge is -2.32. The molecule has 26 heavy (non-hydrogen) atoms. The molecule has 0 saturated carbocycles. The lowest BCUT2D eigenvalue weighted by Crippen LogP contribution is -2.44. The predicted octanol–water partition coefficient (Wildman–Crippen LogP) is 0.737. The van der Waals surface area contributed by atoms with Crippen LogP contribution >= 0.6 is 0 Å². The maximum Gasteiger partial charge on any atom is 0.274 e. The summed E-state index contributed by atoms with van der Waals surface area (Å²) in [5, 5.41) is 5.56. The number of aromatic nitrogens is 1. The average Bonchev–Trinajstić information content (AvgIpc) is 2.60. The van der Waals surface area contributed by atoms with Gasteiger partial charge in [-0.3, -0.25) is 4.98 Å². The summed E-state index contributed by atoms with van der Waals surface area (Å²) < 4.78 is 52.2. The summed E-state index contributed by atoms with van der Waals surface area (Å²) in [7, 11) is -7.50.